The Labute approximate surface area is 94.8 Å². The molecule has 5 heteroatoms. The average Bonchev–Trinajstić information content (AvgIpc) is 2.16. The number of nitrogens with zero attached hydrogens (tertiary/aromatic N) is 2. The summed E-state index contributed by atoms with van der Waals surface area (Å²) in [6.07, 6.45) is -0.00277. The number of hydrogen-bond donors (Lipinski definition) is 0. The molecule has 0 aromatic heterocycles. The van der Waals surface area contributed by atoms with E-state index in [4.69, 9.17) is 4.74 Å². The van der Waals surface area contributed by atoms with Crippen LogP contribution in [0.15, 0.2) is 24.3 Å². The smallest absolute Gasteiger partial charge is 0.273 e. The van der Waals surface area contributed by atoms with Gasteiger partial charge in [0.1, 0.15) is 11.9 Å². The van der Waals surface area contributed by atoms with E-state index in [9.17, 15) is 10.1 Å². The van der Waals surface area contributed by atoms with Gasteiger partial charge in [-0.1, -0.05) is 6.07 Å². The van der Waals surface area contributed by atoms with Gasteiger partial charge in [-0.2, -0.15) is 0 Å². The number of hydrogen-bond acceptors (Lipinski definition) is 4. The molecule has 0 heterocycles. The summed E-state index contributed by atoms with van der Waals surface area (Å²) in [4.78, 5) is 12.1. The van der Waals surface area contributed by atoms with E-state index in [0.29, 0.717) is 5.75 Å². The van der Waals surface area contributed by atoms with E-state index < -0.39 is 4.92 Å². The summed E-state index contributed by atoms with van der Waals surface area (Å²) in [6.45, 7) is 2.70. The van der Waals surface area contributed by atoms with Gasteiger partial charge >= 0.3 is 0 Å². The Kier molecular flexibility index (Phi) is 4.25. The highest BCUT2D eigenvalue weighted by Crippen LogP contribution is 2.20. The lowest BCUT2D eigenvalue weighted by Gasteiger charge is -2.18. The highest BCUT2D eigenvalue weighted by atomic mass is 16.6. The fraction of sp³-hybridized carbons (Fsp3) is 0.455. The summed E-state index contributed by atoms with van der Waals surface area (Å²) in [5, 5.41) is 10.6. The topological polar surface area (TPSA) is 55.6 Å². The Morgan fingerprint density at radius 1 is 1.50 bits per heavy atom. The summed E-state index contributed by atoms with van der Waals surface area (Å²) in [6, 6.07) is 6.23. The first-order chi connectivity index (χ1) is 7.49. The van der Waals surface area contributed by atoms with Gasteiger partial charge in [0, 0.05) is 12.6 Å². The standard InChI is InChI=1S/C11H16N2O3/c1-9(8-12(2)3)16-11-6-4-5-10(7-11)13(14)15/h4-7,9H,8H2,1-3H3. The number of benzene rings is 1. The molecule has 88 valence electrons. The normalized spacial score (nSPS) is 12.5. The van der Waals surface area contributed by atoms with Crippen molar-refractivity contribution < 1.29 is 9.66 Å². The number of rotatable bonds is 5. The summed E-state index contributed by atoms with van der Waals surface area (Å²) < 4.78 is 5.57. The van der Waals surface area contributed by atoms with Gasteiger partial charge in [-0.3, -0.25) is 10.1 Å². The molecular weight excluding hydrogens is 208 g/mol. The third kappa shape index (κ3) is 3.86. The number of nitro benzene ring substituents is 1. The zero-order valence-electron chi connectivity index (χ0n) is 9.71. The largest absolute Gasteiger partial charge is 0.489 e. The number of non-ortho nitro benzene ring substituents is 1. The monoisotopic (exact) mass is 224 g/mol. The molecule has 16 heavy (non-hydrogen) atoms. The van der Waals surface area contributed by atoms with E-state index in [1.165, 1.54) is 12.1 Å². The average molecular weight is 224 g/mol. The first-order valence-electron chi connectivity index (χ1n) is 5.05. The van der Waals surface area contributed by atoms with Crippen LogP contribution in [0.2, 0.25) is 0 Å². The molecule has 1 aromatic carbocycles. The Morgan fingerprint density at radius 2 is 2.19 bits per heavy atom. The molecule has 1 unspecified atom stereocenters. The molecule has 5 nitrogen and oxygen atoms in total. The highest BCUT2D eigenvalue weighted by Gasteiger charge is 2.09. The second-order valence-electron chi connectivity index (χ2n) is 3.95. The van der Waals surface area contributed by atoms with Crippen molar-refractivity contribution in [1.82, 2.24) is 4.90 Å². The molecule has 0 aliphatic carbocycles. The van der Waals surface area contributed by atoms with E-state index in [1.807, 2.05) is 25.9 Å². The van der Waals surface area contributed by atoms with E-state index in [2.05, 4.69) is 0 Å². The van der Waals surface area contributed by atoms with E-state index in [-0.39, 0.29) is 11.8 Å². The van der Waals surface area contributed by atoms with Gasteiger partial charge in [-0.15, -0.1) is 0 Å². The van der Waals surface area contributed by atoms with Crippen molar-refractivity contribution in [2.24, 2.45) is 0 Å². The molecule has 0 fully saturated rings. The van der Waals surface area contributed by atoms with Gasteiger partial charge in [0.15, 0.2) is 0 Å². The Morgan fingerprint density at radius 3 is 2.75 bits per heavy atom. The van der Waals surface area contributed by atoms with Crippen LogP contribution >= 0.6 is 0 Å². The van der Waals surface area contributed by atoms with Crippen LogP contribution in [0.3, 0.4) is 0 Å². The first-order valence-corrected chi connectivity index (χ1v) is 5.05. The maximum Gasteiger partial charge on any atom is 0.273 e. The molecule has 1 rings (SSSR count). The quantitative estimate of drug-likeness (QED) is 0.566. The van der Waals surface area contributed by atoms with Crippen LogP contribution in [-0.4, -0.2) is 36.6 Å². The van der Waals surface area contributed by atoms with E-state index >= 15 is 0 Å². The minimum Gasteiger partial charge on any atom is -0.489 e. The second kappa shape index (κ2) is 5.46. The first kappa shape index (κ1) is 12.4. The van der Waals surface area contributed by atoms with Gasteiger partial charge in [-0.05, 0) is 27.1 Å². The van der Waals surface area contributed by atoms with Gasteiger partial charge < -0.3 is 9.64 Å². The van der Waals surface area contributed by atoms with Crippen LogP contribution in [0.25, 0.3) is 0 Å². The van der Waals surface area contributed by atoms with Crippen LogP contribution < -0.4 is 4.74 Å². The molecule has 0 aliphatic rings. The predicted molar refractivity (Wildman–Crippen MR) is 61.7 cm³/mol. The zero-order chi connectivity index (χ0) is 12.1. The van der Waals surface area contributed by atoms with Crippen molar-refractivity contribution in [2.45, 2.75) is 13.0 Å². The zero-order valence-corrected chi connectivity index (χ0v) is 9.71. The molecule has 0 radical (unpaired) electrons. The fourth-order valence-electron chi connectivity index (χ4n) is 1.45. The number of likely N-dealkylation sites (N-methyl/N-ethyl adjacent to an activating group) is 1. The molecule has 1 aromatic rings. The Balaban J connectivity index is 2.66. The van der Waals surface area contributed by atoms with Gasteiger partial charge in [0.2, 0.25) is 0 Å². The van der Waals surface area contributed by atoms with Crippen molar-refractivity contribution in [1.29, 1.82) is 0 Å². The van der Waals surface area contributed by atoms with Crippen molar-refractivity contribution in [3.05, 3.63) is 34.4 Å². The summed E-state index contributed by atoms with van der Waals surface area (Å²) in [5.74, 6) is 0.531. The molecular formula is C11H16N2O3. The van der Waals surface area contributed by atoms with Crippen molar-refractivity contribution >= 4 is 5.69 Å². The molecule has 0 amide bonds. The van der Waals surface area contributed by atoms with Crippen LogP contribution in [0.5, 0.6) is 5.75 Å². The lowest BCUT2D eigenvalue weighted by atomic mass is 10.3. The molecule has 0 bridgehead atoms. The molecule has 0 N–H and O–H groups in total. The van der Waals surface area contributed by atoms with Crippen molar-refractivity contribution in [3.8, 4) is 5.75 Å². The second-order valence-corrected chi connectivity index (χ2v) is 3.95. The maximum absolute atomic E-state index is 10.6. The molecule has 1 atom stereocenters. The number of nitro groups is 1. The third-order valence-corrected chi connectivity index (χ3v) is 1.99. The lowest BCUT2D eigenvalue weighted by Crippen LogP contribution is -2.27. The SMILES string of the molecule is CC(CN(C)C)Oc1cccc([N+](=O)[O-])c1. The third-order valence-electron chi connectivity index (χ3n) is 1.99. The van der Waals surface area contributed by atoms with Crippen LogP contribution in [-0.2, 0) is 0 Å². The molecule has 0 spiro atoms. The summed E-state index contributed by atoms with van der Waals surface area (Å²) in [5.41, 5.74) is 0.0505. The van der Waals surface area contributed by atoms with Crippen molar-refractivity contribution in [2.75, 3.05) is 20.6 Å². The minimum absolute atomic E-state index is 0.00277. The van der Waals surface area contributed by atoms with Crippen LogP contribution in [0.1, 0.15) is 6.92 Å². The van der Waals surface area contributed by atoms with Gasteiger partial charge in [0.05, 0.1) is 11.0 Å². The summed E-state index contributed by atoms with van der Waals surface area (Å²) >= 11 is 0. The molecule has 0 saturated carbocycles. The van der Waals surface area contributed by atoms with Gasteiger partial charge in [0.25, 0.3) is 5.69 Å². The van der Waals surface area contributed by atoms with E-state index in [0.717, 1.165) is 6.54 Å². The summed E-state index contributed by atoms with van der Waals surface area (Å²) in [7, 11) is 3.90. The Hall–Kier alpha value is -1.62. The number of ether oxygens (including phenoxy) is 1. The Bertz CT molecular complexity index is 366. The fourth-order valence-corrected chi connectivity index (χ4v) is 1.45. The highest BCUT2D eigenvalue weighted by molar-refractivity contribution is 5.38. The molecule has 0 aliphatic heterocycles. The predicted octanol–water partition coefficient (Wildman–Crippen LogP) is 1.92. The lowest BCUT2D eigenvalue weighted by molar-refractivity contribution is -0.384. The van der Waals surface area contributed by atoms with Crippen LogP contribution in [0.4, 0.5) is 5.69 Å². The maximum atomic E-state index is 10.6. The van der Waals surface area contributed by atoms with E-state index in [1.54, 1.807) is 12.1 Å². The van der Waals surface area contributed by atoms with Crippen LogP contribution in [0, 0.1) is 10.1 Å². The molecule has 0 saturated heterocycles. The van der Waals surface area contributed by atoms with Crippen molar-refractivity contribution in [3.63, 3.8) is 0 Å². The van der Waals surface area contributed by atoms with Gasteiger partial charge in [-0.25, -0.2) is 0 Å². The minimum atomic E-state index is -0.427.